The molecular formula is C21H30N2O. The third kappa shape index (κ3) is 5.20. The van der Waals surface area contributed by atoms with Crippen LogP contribution < -0.4 is 5.32 Å². The summed E-state index contributed by atoms with van der Waals surface area (Å²) < 4.78 is 0. The minimum atomic E-state index is 0.186. The highest BCUT2D eigenvalue weighted by Gasteiger charge is 2.26. The highest BCUT2D eigenvalue weighted by molar-refractivity contribution is 5.78. The highest BCUT2D eigenvalue weighted by Crippen LogP contribution is 2.21. The number of benzene rings is 1. The SMILES string of the molecule is O=C(CN1CCCC1Cc1ccccc1)NCCC1=CCCCC1. The largest absolute Gasteiger partial charge is 0.355 e. The minimum absolute atomic E-state index is 0.186. The molecule has 0 bridgehead atoms. The van der Waals surface area contributed by atoms with Gasteiger partial charge in [0.1, 0.15) is 0 Å². The molecule has 0 saturated carbocycles. The van der Waals surface area contributed by atoms with E-state index in [2.05, 4.69) is 46.6 Å². The van der Waals surface area contributed by atoms with E-state index in [0.29, 0.717) is 12.6 Å². The van der Waals surface area contributed by atoms with Gasteiger partial charge in [0.05, 0.1) is 6.54 Å². The second-order valence-electron chi connectivity index (χ2n) is 7.16. The van der Waals surface area contributed by atoms with E-state index in [9.17, 15) is 4.79 Å². The number of likely N-dealkylation sites (tertiary alicyclic amines) is 1. The molecule has 1 aromatic rings. The first-order valence-electron chi connectivity index (χ1n) is 9.54. The molecule has 1 aliphatic heterocycles. The van der Waals surface area contributed by atoms with Gasteiger partial charge in [-0.15, -0.1) is 0 Å². The maximum absolute atomic E-state index is 12.3. The molecule has 2 aliphatic rings. The number of carbonyl (C=O) groups excluding carboxylic acids is 1. The summed E-state index contributed by atoms with van der Waals surface area (Å²) in [5.74, 6) is 0.186. The fourth-order valence-electron chi connectivity index (χ4n) is 3.96. The third-order valence-corrected chi connectivity index (χ3v) is 5.31. The van der Waals surface area contributed by atoms with Crippen LogP contribution in [0.2, 0.25) is 0 Å². The first-order chi connectivity index (χ1) is 11.8. The van der Waals surface area contributed by atoms with Crippen molar-refractivity contribution in [1.82, 2.24) is 10.2 Å². The predicted molar refractivity (Wildman–Crippen MR) is 98.9 cm³/mol. The molecule has 24 heavy (non-hydrogen) atoms. The normalized spacial score (nSPS) is 21.5. The number of carbonyl (C=O) groups is 1. The predicted octanol–water partition coefficient (Wildman–Crippen LogP) is 3.70. The number of nitrogens with one attached hydrogen (secondary N) is 1. The average Bonchev–Trinajstić information content (AvgIpc) is 3.03. The summed E-state index contributed by atoms with van der Waals surface area (Å²) in [7, 11) is 0. The Balaban J connectivity index is 1.40. The Hall–Kier alpha value is -1.61. The van der Waals surface area contributed by atoms with E-state index in [1.54, 1.807) is 0 Å². The van der Waals surface area contributed by atoms with E-state index in [0.717, 1.165) is 25.9 Å². The minimum Gasteiger partial charge on any atom is -0.355 e. The molecule has 1 aromatic carbocycles. The van der Waals surface area contributed by atoms with Gasteiger partial charge < -0.3 is 5.32 Å². The molecule has 1 amide bonds. The van der Waals surface area contributed by atoms with E-state index in [4.69, 9.17) is 0 Å². The smallest absolute Gasteiger partial charge is 0.234 e. The van der Waals surface area contributed by atoms with Crippen molar-refractivity contribution in [3.8, 4) is 0 Å². The number of rotatable bonds is 7. The summed E-state index contributed by atoms with van der Waals surface area (Å²) in [4.78, 5) is 14.6. The van der Waals surface area contributed by atoms with Crippen LogP contribution in [0.3, 0.4) is 0 Å². The molecule has 3 heteroatoms. The molecular weight excluding hydrogens is 296 g/mol. The van der Waals surface area contributed by atoms with Crippen molar-refractivity contribution in [1.29, 1.82) is 0 Å². The van der Waals surface area contributed by atoms with Crippen molar-refractivity contribution in [2.75, 3.05) is 19.6 Å². The molecule has 3 rings (SSSR count). The number of allylic oxidation sites excluding steroid dienone is 1. The van der Waals surface area contributed by atoms with Gasteiger partial charge in [0, 0.05) is 12.6 Å². The van der Waals surface area contributed by atoms with Crippen molar-refractivity contribution >= 4 is 5.91 Å². The summed E-state index contributed by atoms with van der Waals surface area (Å²) >= 11 is 0. The Bertz CT molecular complexity index is 552. The summed E-state index contributed by atoms with van der Waals surface area (Å²) in [6.07, 6.45) is 11.9. The Morgan fingerprint density at radius 1 is 1.17 bits per heavy atom. The van der Waals surface area contributed by atoms with Crippen molar-refractivity contribution in [2.24, 2.45) is 0 Å². The topological polar surface area (TPSA) is 32.3 Å². The van der Waals surface area contributed by atoms with E-state index < -0.39 is 0 Å². The van der Waals surface area contributed by atoms with Crippen LogP contribution >= 0.6 is 0 Å². The Morgan fingerprint density at radius 3 is 2.83 bits per heavy atom. The quantitative estimate of drug-likeness (QED) is 0.775. The van der Waals surface area contributed by atoms with Crippen molar-refractivity contribution in [2.45, 2.75) is 57.4 Å². The molecule has 1 saturated heterocycles. The number of hydrogen-bond acceptors (Lipinski definition) is 2. The first-order valence-corrected chi connectivity index (χ1v) is 9.54. The zero-order valence-electron chi connectivity index (χ0n) is 14.7. The molecule has 1 fully saturated rings. The van der Waals surface area contributed by atoms with Crippen LogP contribution in [-0.2, 0) is 11.2 Å². The molecule has 0 spiro atoms. The third-order valence-electron chi connectivity index (χ3n) is 5.31. The fraction of sp³-hybridized carbons (Fsp3) is 0.571. The molecule has 0 radical (unpaired) electrons. The molecule has 1 unspecified atom stereocenters. The number of amides is 1. The maximum atomic E-state index is 12.3. The van der Waals surface area contributed by atoms with Crippen LogP contribution in [0.25, 0.3) is 0 Å². The highest BCUT2D eigenvalue weighted by atomic mass is 16.2. The van der Waals surface area contributed by atoms with Crippen molar-refractivity contribution < 1.29 is 4.79 Å². The van der Waals surface area contributed by atoms with Crippen molar-refractivity contribution in [3.63, 3.8) is 0 Å². The maximum Gasteiger partial charge on any atom is 0.234 e. The van der Waals surface area contributed by atoms with E-state index in [1.165, 1.54) is 49.7 Å². The van der Waals surface area contributed by atoms with E-state index in [-0.39, 0.29) is 5.91 Å². The van der Waals surface area contributed by atoms with Gasteiger partial charge >= 0.3 is 0 Å². The molecule has 1 aliphatic carbocycles. The lowest BCUT2D eigenvalue weighted by molar-refractivity contribution is -0.122. The van der Waals surface area contributed by atoms with E-state index >= 15 is 0 Å². The van der Waals surface area contributed by atoms with Crippen LogP contribution in [0.15, 0.2) is 42.0 Å². The van der Waals surface area contributed by atoms with Gasteiger partial charge in [0.25, 0.3) is 0 Å². The van der Waals surface area contributed by atoms with Gasteiger partial charge in [0.2, 0.25) is 5.91 Å². The standard InChI is InChI=1S/C21H30N2O/c24-21(22-14-13-18-8-3-1-4-9-18)17-23-15-7-12-20(23)16-19-10-5-2-6-11-19/h2,5-6,8,10-11,20H,1,3-4,7,9,12-17H2,(H,22,24). The van der Waals surface area contributed by atoms with Crippen LogP contribution in [0.4, 0.5) is 0 Å². The van der Waals surface area contributed by atoms with Gasteiger partial charge in [0.15, 0.2) is 0 Å². The molecule has 130 valence electrons. The molecule has 0 aromatic heterocycles. The fourth-order valence-corrected chi connectivity index (χ4v) is 3.96. The van der Waals surface area contributed by atoms with Crippen LogP contribution in [0.5, 0.6) is 0 Å². The molecule has 1 heterocycles. The van der Waals surface area contributed by atoms with Crippen LogP contribution in [0.1, 0.15) is 50.5 Å². The van der Waals surface area contributed by atoms with Crippen LogP contribution in [0, 0.1) is 0 Å². The molecule has 1 atom stereocenters. The molecule has 1 N–H and O–H groups in total. The van der Waals surface area contributed by atoms with Gasteiger partial charge in [-0.1, -0.05) is 42.0 Å². The molecule has 3 nitrogen and oxygen atoms in total. The summed E-state index contributed by atoms with van der Waals surface area (Å²) in [6, 6.07) is 11.1. The van der Waals surface area contributed by atoms with Crippen molar-refractivity contribution in [3.05, 3.63) is 47.5 Å². The lowest BCUT2D eigenvalue weighted by Crippen LogP contribution is -2.40. The van der Waals surface area contributed by atoms with Gasteiger partial charge in [-0.2, -0.15) is 0 Å². The Kier molecular flexibility index (Phi) is 6.48. The van der Waals surface area contributed by atoms with Gasteiger partial charge in [-0.3, -0.25) is 9.69 Å². The number of nitrogens with zero attached hydrogens (tertiary/aromatic N) is 1. The Labute approximate surface area is 146 Å². The van der Waals surface area contributed by atoms with Gasteiger partial charge in [-0.05, 0) is 63.5 Å². The monoisotopic (exact) mass is 326 g/mol. The Morgan fingerprint density at radius 2 is 2.04 bits per heavy atom. The van der Waals surface area contributed by atoms with Crippen LogP contribution in [-0.4, -0.2) is 36.5 Å². The second kappa shape index (κ2) is 9.03. The van der Waals surface area contributed by atoms with Gasteiger partial charge in [-0.25, -0.2) is 0 Å². The lowest BCUT2D eigenvalue weighted by Gasteiger charge is -2.24. The summed E-state index contributed by atoms with van der Waals surface area (Å²) in [6.45, 7) is 2.40. The summed E-state index contributed by atoms with van der Waals surface area (Å²) in [5.41, 5.74) is 2.91. The first kappa shape index (κ1) is 17.2. The lowest BCUT2D eigenvalue weighted by atomic mass is 9.97. The second-order valence-corrected chi connectivity index (χ2v) is 7.16. The summed E-state index contributed by atoms with van der Waals surface area (Å²) in [5, 5.41) is 3.12. The zero-order valence-corrected chi connectivity index (χ0v) is 14.7. The average molecular weight is 326 g/mol. The zero-order chi connectivity index (χ0) is 16.6. The van der Waals surface area contributed by atoms with E-state index in [1.807, 2.05) is 0 Å². The number of hydrogen-bond donors (Lipinski definition) is 1.